The van der Waals surface area contributed by atoms with Crippen LogP contribution in [0.4, 0.5) is 4.39 Å². The third kappa shape index (κ3) is 1.86. The second kappa shape index (κ2) is 4.00. The summed E-state index contributed by atoms with van der Waals surface area (Å²) in [6.07, 6.45) is 1.64. The first-order valence-corrected chi connectivity index (χ1v) is 4.78. The van der Waals surface area contributed by atoms with Crippen LogP contribution >= 0.6 is 11.6 Å². The Kier molecular flexibility index (Phi) is 2.70. The molecule has 0 radical (unpaired) electrons. The van der Waals surface area contributed by atoms with Crippen molar-refractivity contribution in [3.8, 4) is 11.1 Å². The first-order chi connectivity index (χ1) is 7.22. The molecule has 0 aliphatic rings. The van der Waals surface area contributed by atoms with E-state index in [1.807, 2.05) is 0 Å². The molecular weight excluding hydrogens is 217 g/mol. The van der Waals surface area contributed by atoms with Gasteiger partial charge in [0.05, 0.1) is 16.9 Å². The summed E-state index contributed by atoms with van der Waals surface area (Å²) in [6, 6.07) is 4.52. The maximum atomic E-state index is 12.9. The molecule has 0 amide bonds. The van der Waals surface area contributed by atoms with Gasteiger partial charge in [-0.25, -0.2) is 4.39 Å². The molecule has 1 aromatic heterocycles. The first kappa shape index (κ1) is 10.1. The number of nitrogens with two attached hydrogens (primary N) is 1. The number of hydrogen-bond donors (Lipinski definition) is 2. The van der Waals surface area contributed by atoms with Crippen LogP contribution in [0.5, 0.6) is 0 Å². The maximum absolute atomic E-state index is 12.9. The highest BCUT2D eigenvalue weighted by Gasteiger charge is 2.08. The monoisotopic (exact) mass is 225 g/mol. The number of halogens is 2. The SMILES string of the molecule is NCc1[nH]ncc1-c1ccc(F)c(Cl)c1. The summed E-state index contributed by atoms with van der Waals surface area (Å²) in [7, 11) is 0. The highest BCUT2D eigenvalue weighted by molar-refractivity contribution is 6.31. The van der Waals surface area contributed by atoms with Crippen molar-refractivity contribution >= 4 is 11.6 Å². The summed E-state index contributed by atoms with van der Waals surface area (Å²) in [5.74, 6) is -0.432. The minimum absolute atomic E-state index is 0.0941. The molecule has 0 bridgehead atoms. The number of rotatable bonds is 2. The average Bonchev–Trinajstić information content (AvgIpc) is 2.70. The highest BCUT2D eigenvalue weighted by atomic mass is 35.5. The van der Waals surface area contributed by atoms with E-state index in [4.69, 9.17) is 17.3 Å². The van der Waals surface area contributed by atoms with Gasteiger partial charge in [0, 0.05) is 12.1 Å². The lowest BCUT2D eigenvalue weighted by Crippen LogP contribution is -1.98. The van der Waals surface area contributed by atoms with Gasteiger partial charge >= 0.3 is 0 Å². The second-order valence-electron chi connectivity index (χ2n) is 3.10. The Labute approximate surface area is 91.1 Å². The predicted octanol–water partition coefficient (Wildman–Crippen LogP) is 2.33. The number of H-pyrrole nitrogens is 1. The quantitative estimate of drug-likeness (QED) is 0.824. The van der Waals surface area contributed by atoms with E-state index >= 15 is 0 Å². The largest absolute Gasteiger partial charge is 0.325 e. The van der Waals surface area contributed by atoms with Crippen LogP contribution in [-0.2, 0) is 6.54 Å². The van der Waals surface area contributed by atoms with Gasteiger partial charge in [0.2, 0.25) is 0 Å². The van der Waals surface area contributed by atoms with Crippen molar-refractivity contribution in [2.75, 3.05) is 0 Å². The average molecular weight is 226 g/mol. The van der Waals surface area contributed by atoms with E-state index in [-0.39, 0.29) is 5.02 Å². The van der Waals surface area contributed by atoms with E-state index in [0.717, 1.165) is 16.8 Å². The highest BCUT2D eigenvalue weighted by Crippen LogP contribution is 2.26. The lowest BCUT2D eigenvalue weighted by molar-refractivity contribution is 0.628. The lowest BCUT2D eigenvalue weighted by atomic mass is 10.1. The van der Waals surface area contributed by atoms with Gasteiger partial charge in [-0.3, -0.25) is 5.10 Å². The van der Waals surface area contributed by atoms with Gasteiger partial charge in [0.25, 0.3) is 0 Å². The van der Waals surface area contributed by atoms with E-state index in [9.17, 15) is 4.39 Å². The van der Waals surface area contributed by atoms with Gasteiger partial charge in [-0.2, -0.15) is 5.10 Å². The zero-order chi connectivity index (χ0) is 10.8. The molecule has 3 nitrogen and oxygen atoms in total. The Morgan fingerprint density at radius 1 is 1.47 bits per heavy atom. The van der Waals surface area contributed by atoms with Crippen molar-refractivity contribution in [3.05, 3.63) is 40.9 Å². The molecule has 15 heavy (non-hydrogen) atoms. The fourth-order valence-electron chi connectivity index (χ4n) is 1.38. The normalized spacial score (nSPS) is 10.6. The minimum atomic E-state index is -0.432. The zero-order valence-electron chi connectivity index (χ0n) is 7.80. The van der Waals surface area contributed by atoms with Crippen molar-refractivity contribution in [3.63, 3.8) is 0 Å². The summed E-state index contributed by atoms with van der Waals surface area (Å²) in [5.41, 5.74) is 7.97. The Balaban J connectivity index is 2.50. The topological polar surface area (TPSA) is 54.7 Å². The number of aromatic amines is 1. The van der Waals surface area contributed by atoms with E-state index in [0.29, 0.717) is 6.54 Å². The van der Waals surface area contributed by atoms with Crippen LogP contribution in [0.2, 0.25) is 5.02 Å². The summed E-state index contributed by atoms with van der Waals surface area (Å²) < 4.78 is 12.9. The van der Waals surface area contributed by atoms with Gasteiger partial charge in [-0.05, 0) is 17.7 Å². The molecule has 0 aliphatic heterocycles. The summed E-state index contributed by atoms with van der Waals surface area (Å²) >= 11 is 5.69. The third-order valence-electron chi connectivity index (χ3n) is 2.15. The zero-order valence-corrected chi connectivity index (χ0v) is 8.55. The Morgan fingerprint density at radius 3 is 2.93 bits per heavy atom. The number of nitrogens with zero attached hydrogens (tertiary/aromatic N) is 1. The van der Waals surface area contributed by atoms with Gasteiger partial charge in [0.1, 0.15) is 5.82 Å². The first-order valence-electron chi connectivity index (χ1n) is 4.40. The fraction of sp³-hybridized carbons (Fsp3) is 0.100. The molecule has 2 aromatic rings. The summed E-state index contributed by atoms with van der Waals surface area (Å²) in [4.78, 5) is 0. The van der Waals surface area contributed by atoms with Crippen molar-refractivity contribution < 1.29 is 4.39 Å². The van der Waals surface area contributed by atoms with E-state index < -0.39 is 5.82 Å². The van der Waals surface area contributed by atoms with Crippen molar-refractivity contribution in [2.24, 2.45) is 5.73 Å². The number of hydrogen-bond acceptors (Lipinski definition) is 2. The molecule has 3 N–H and O–H groups in total. The number of nitrogens with one attached hydrogen (secondary N) is 1. The van der Waals surface area contributed by atoms with Crippen LogP contribution in [0.15, 0.2) is 24.4 Å². The van der Waals surface area contributed by atoms with Crippen LogP contribution < -0.4 is 5.73 Å². The molecule has 0 atom stereocenters. The van der Waals surface area contributed by atoms with Crippen molar-refractivity contribution in [2.45, 2.75) is 6.54 Å². The number of aromatic nitrogens is 2. The molecule has 0 unspecified atom stereocenters. The van der Waals surface area contributed by atoms with Crippen LogP contribution in [0, 0.1) is 5.82 Å². The van der Waals surface area contributed by atoms with Crippen LogP contribution in [0.1, 0.15) is 5.69 Å². The molecule has 1 heterocycles. The minimum Gasteiger partial charge on any atom is -0.325 e. The van der Waals surface area contributed by atoms with Crippen LogP contribution in [0.25, 0.3) is 11.1 Å². The predicted molar refractivity (Wildman–Crippen MR) is 56.9 cm³/mol. The van der Waals surface area contributed by atoms with Gasteiger partial charge in [0.15, 0.2) is 0 Å². The van der Waals surface area contributed by atoms with Crippen LogP contribution in [0.3, 0.4) is 0 Å². The van der Waals surface area contributed by atoms with E-state index in [1.165, 1.54) is 6.07 Å². The van der Waals surface area contributed by atoms with Gasteiger partial charge in [-0.15, -0.1) is 0 Å². The molecule has 0 saturated carbocycles. The Morgan fingerprint density at radius 2 is 2.27 bits per heavy atom. The molecule has 0 saturated heterocycles. The van der Waals surface area contributed by atoms with Crippen LogP contribution in [-0.4, -0.2) is 10.2 Å². The van der Waals surface area contributed by atoms with E-state index in [2.05, 4.69) is 10.2 Å². The molecule has 1 aromatic carbocycles. The fourth-order valence-corrected chi connectivity index (χ4v) is 1.56. The molecule has 78 valence electrons. The molecular formula is C10H9ClFN3. The molecule has 2 rings (SSSR count). The molecule has 0 aliphatic carbocycles. The standard InChI is InChI=1S/C10H9ClFN3/c11-8-3-6(1-2-9(8)12)7-5-14-15-10(7)4-13/h1-3,5H,4,13H2,(H,14,15). The molecule has 0 fully saturated rings. The Hall–Kier alpha value is -1.39. The van der Waals surface area contributed by atoms with Gasteiger partial charge < -0.3 is 5.73 Å². The summed E-state index contributed by atoms with van der Waals surface area (Å²) in [6.45, 7) is 0.352. The smallest absolute Gasteiger partial charge is 0.141 e. The summed E-state index contributed by atoms with van der Waals surface area (Å²) in [5, 5.41) is 6.75. The second-order valence-corrected chi connectivity index (χ2v) is 3.50. The van der Waals surface area contributed by atoms with E-state index in [1.54, 1.807) is 18.3 Å². The molecule has 5 heteroatoms. The van der Waals surface area contributed by atoms with Gasteiger partial charge in [-0.1, -0.05) is 17.7 Å². The van der Waals surface area contributed by atoms with Crippen molar-refractivity contribution in [1.29, 1.82) is 0 Å². The van der Waals surface area contributed by atoms with Crippen molar-refractivity contribution in [1.82, 2.24) is 10.2 Å². The number of benzene rings is 1. The lowest BCUT2D eigenvalue weighted by Gasteiger charge is -2.02. The maximum Gasteiger partial charge on any atom is 0.141 e. The Bertz CT molecular complexity index is 481. The third-order valence-corrected chi connectivity index (χ3v) is 2.44. The molecule has 0 spiro atoms.